The van der Waals surface area contributed by atoms with Crippen LogP contribution in [0.25, 0.3) is 0 Å². The van der Waals surface area contributed by atoms with Crippen LogP contribution in [-0.2, 0) is 40.2 Å². The van der Waals surface area contributed by atoms with Crippen molar-refractivity contribution in [3.05, 3.63) is 64.2 Å². The Morgan fingerprint density at radius 2 is 1.43 bits per heavy atom. The Bertz CT molecular complexity index is 1270. The molecule has 0 bridgehead atoms. The summed E-state index contributed by atoms with van der Waals surface area (Å²) >= 11 is 0. The fraction of sp³-hybridized carbons (Fsp3) is 0.391. The Balaban J connectivity index is 2.15. The van der Waals surface area contributed by atoms with Crippen molar-refractivity contribution in [2.24, 2.45) is 0 Å². The van der Waals surface area contributed by atoms with Crippen LogP contribution in [0.4, 0.5) is 63.2 Å². The van der Waals surface area contributed by atoms with Gasteiger partial charge in [0.05, 0.1) is 23.2 Å². The van der Waals surface area contributed by atoms with Gasteiger partial charge in [-0.25, -0.2) is 4.79 Å². The standard InChI is InChI=1S/C23H16F12N2O3/c1-2-17(38)36-9-11-3-4-15(8-16(11)22(30,31)32)37-10-19(23(33,34)35,40-18(37)39)12-5-13(20(24,25)26)7-14(6-12)21(27,28)29/h3-8H,2,9-10H2,1H3,(H,36,38). The topological polar surface area (TPSA) is 58.6 Å². The lowest BCUT2D eigenvalue weighted by molar-refractivity contribution is -0.250. The van der Waals surface area contributed by atoms with E-state index in [1.165, 1.54) is 6.92 Å². The maximum absolute atomic E-state index is 14.3. The van der Waals surface area contributed by atoms with E-state index in [-0.39, 0.29) is 29.5 Å². The Morgan fingerprint density at radius 1 is 0.875 bits per heavy atom. The van der Waals surface area contributed by atoms with Gasteiger partial charge < -0.3 is 10.1 Å². The van der Waals surface area contributed by atoms with E-state index in [0.717, 1.165) is 12.1 Å². The Hall–Kier alpha value is -3.66. The van der Waals surface area contributed by atoms with Gasteiger partial charge in [-0.1, -0.05) is 13.0 Å². The number of benzene rings is 2. The van der Waals surface area contributed by atoms with E-state index in [2.05, 4.69) is 10.1 Å². The summed E-state index contributed by atoms with van der Waals surface area (Å²) in [5.74, 6) is -0.630. The summed E-state index contributed by atoms with van der Waals surface area (Å²) in [5.41, 5.74) is -13.0. The predicted molar refractivity (Wildman–Crippen MR) is 112 cm³/mol. The van der Waals surface area contributed by atoms with Crippen LogP contribution >= 0.6 is 0 Å². The fourth-order valence-electron chi connectivity index (χ4n) is 3.84. The van der Waals surface area contributed by atoms with Crippen LogP contribution in [0.15, 0.2) is 36.4 Å². The smallest absolute Gasteiger partial charge is 0.426 e. The lowest BCUT2D eigenvalue weighted by Gasteiger charge is -2.31. The van der Waals surface area contributed by atoms with Crippen molar-refractivity contribution in [1.29, 1.82) is 0 Å². The van der Waals surface area contributed by atoms with Gasteiger partial charge in [0.15, 0.2) is 0 Å². The van der Waals surface area contributed by atoms with Crippen LogP contribution < -0.4 is 10.2 Å². The molecule has 2 amide bonds. The molecule has 1 heterocycles. The highest BCUT2D eigenvalue weighted by Gasteiger charge is 2.65. The lowest BCUT2D eigenvalue weighted by atomic mass is 9.89. The number of rotatable bonds is 5. The van der Waals surface area contributed by atoms with Gasteiger partial charge in [-0.2, -0.15) is 52.7 Å². The van der Waals surface area contributed by atoms with E-state index < -0.39 is 95.0 Å². The number of halogens is 12. The summed E-state index contributed by atoms with van der Waals surface area (Å²) in [6.45, 7) is -1.04. The van der Waals surface area contributed by atoms with Gasteiger partial charge in [-0.05, 0) is 35.9 Å². The molecule has 1 fully saturated rings. The number of alkyl halides is 12. The molecule has 0 saturated carbocycles. The normalized spacial score (nSPS) is 18.6. The number of amides is 2. The molecule has 220 valence electrons. The maximum Gasteiger partial charge on any atom is 0.434 e. The molecule has 1 unspecified atom stereocenters. The van der Waals surface area contributed by atoms with E-state index in [1.54, 1.807) is 0 Å². The maximum atomic E-state index is 14.3. The van der Waals surface area contributed by atoms with Gasteiger partial charge in [0.2, 0.25) is 5.91 Å². The molecule has 0 aliphatic carbocycles. The minimum atomic E-state index is -5.82. The zero-order chi connectivity index (χ0) is 30.5. The number of hydrogen-bond acceptors (Lipinski definition) is 3. The van der Waals surface area contributed by atoms with Crippen LogP contribution in [0, 0.1) is 0 Å². The second-order valence-corrected chi connectivity index (χ2v) is 8.54. The molecule has 1 aliphatic rings. The molecule has 0 aromatic heterocycles. The third kappa shape index (κ3) is 6.06. The van der Waals surface area contributed by atoms with E-state index in [0.29, 0.717) is 0 Å². The van der Waals surface area contributed by atoms with Crippen LogP contribution in [0.2, 0.25) is 0 Å². The first-order valence-corrected chi connectivity index (χ1v) is 10.9. The highest BCUT2D eigenvalue weighted by atomic mass is 19.4. The fourth-order valence-corrected chi connectivity index (χ4v) is 3.84. The minimum Gasteiger partial charge on any atom is -0.426 e. The largest absolute Gasteiger partial charge is 0.434 e. The van der Waals surface area contributed by atoms with E-state index >= 15 is 0 Å². The summed E-state index contributed by atoms with van der Waals surface area (Å²) < 4.78 is 168. The molecule has 5 nitrogen and oxygen atoms in total. The molecule has 3 rings (SSSR count). The van der Waals surface area contributed by atoms with E-state index in [1.807, 2.05) is 0 Å². The molecular weight excluding hydrogens is 580 g/mol. The van der Waals surface area contributed by atoms with Crippen molar-refractivity contribution in [1.82, 2.24) is 5.32 Å². The average molecular weight is 596 g/mol. The van der Waals surface area contributed by atoms with Gasteiger partial charge in [0.25, 0.3) is 5.60 Å². The van der Waals surface area contributed by atoms with E-state index in [4.69, 9.17) is 0 Å². The van der Waals surface area contributed by atoms with Gasteiger partial charge in [0.1, 0.15) is 0 Å². The van der Waals surface area contributed by atoms with Crippen LogP contribution in [0.3, 0.4) is 0 Å². The summed E-state index contributed by atoms with van der Waals surface area (Å²) in [6, 6.07) is 0.743. The monoisotopic (exact) mass is 596 g/mol. The van der Waals surface area contributed by atoms with Gasteiger partial charge >= 0.3 is 30.8 Å². The van der Waals surface area contributed by atoms with Crippen LogP contribution in [0.5, 0.6) is 0 Å². The summed E-state index contributed by atoms with van der Waals surface area (Å²) in [7, 11) is 0. The van der Waals surface area contributed by atoms with Crippen LogP contribution in [0.1, 0.15) is 41.2 Å². The Morgan fingerprint density at radius 3 is 1.88 bits per heavy atom. The molecule has 40 heavy (non-hydrogen) atoms. The van der Waals surface area contributed by atoms with Crippen molar-refractivity contribution in [2.45, 2.75) is 50.2 Å². The summed E-state index contributed by atoms with van der Waals surface area (Å²) in [4.78, 5) is 23.9. The molecule has 0 radical (unpaired) electrons. The second kappa shape index (κ2) is 10.1. The number of nitrogens with one attached hydrogen (secondary N) is 1. The average Bonchev–Trinajstić information content (AvgIpc) is 3.19. The summed E-state index contributed by atoms with van der Waals surface area (Å²) in [5, 5.41) is 2.17. The number of anilines is 1. The SMILES string of the molecule is CCC(=O)NCc1ccc(N2CC(c3cc(C(F)(F)F)cc(C(F)(F)F)c3)(C(F)(F)F)OC2=O)cc1C(F)(F)F. The first-order chi connectivity index (χ1) is 18.1. The van der Waals surface area contributed by atoms with Crippen molar-refractivity contribution in [3.63, 3.8) is 0 Å². The number of carbonyl (C=O) groups is 2. The molecule has 2 aromatic carbocycles. The van der Waals surface area contributed by atoms with Crippen molar-refractivity contribution in [3.8, 4) is 0 Å². The molecule has 1 aliphatic heterocycles. The van der Waals surface area contributed by atoms with Crippen molar-refractivity contribution < 1.29 is 67.0 Å². The summed E-state index contributed by atoms with van der Waals surface area (Å²) in [6.07, 6.45) is -24.1. The third-order valence-electron chi connectivity index (χ3n) is 5.88. The zero-order valence-corrected chi connectivity index (χ0v) is 19.8. The predicted octanol–water partition coefficient (Wildman–Crippen LogP) is 7.18. The molecule has 1 saturated heterocycles. The third-order valence-corrected chi connectivity index (χ3v) is 5.88. The van der Waals surface area contributed by atoms with Gasteiger partial charge in [0, 0.05) is 24.2 Å². The Labute approximate surface area is 216 Å². The molecular formula is C23H16F12N2O3. The lowest BCUT2D eigenvalue weighted by Crippen LogP contribution is -2.46. The number of nitrogens with zero attached hydrogens (tertiary/aromatic N) is 1. The molecule has 1 N–H and O–H groups in total. The van der Waals surface area contributed by atoms with Gasteiger partial charge in [-0.15, -0.1) is 0 Å². The number of carbonyl (C=O) groups excluding carboxylic acids is 2. The molecule has 0 spiro atoms. The zero-order valence-electron chi connectivity index (χ0n) is 19.8. The highest BCUT2D eigenvalue weighted by Crippen LogP contribution is 2.50. The second-order valence-electron chi connectivity index (χ2n) is 8.54. The number of cyclic esters (lactones) is 1. The van der Waals surface area contributed by atoms with Crippen molar-refractivity contribution >= 4 is 17.7 Å². The number of hydrogen-bond donors (Lipinski definition) is 1. The highest BCUT2D eigenvalue weighted by molar-refractivity contribution is 5.91. The van der Waals surface area contributed by atoms with Gasteiger partial charge in [-0.3, -0.25) is 9.69 Å². The molecule has 1 atom stereocenters. The minimum absolute atomic E-state index is 0.00462. The number of ether oxygens (including phenoxy) is 1. The Kier molecular flexibility index (Phi) is 7.77. The van der Waals surface area contributed by atoms with Crippen molar-refractivity contribution in [2.75, 3.05) is 11.4 Å². The van der Waals surface area contributed by atoms with Crippen LogP contribution in [-0.4, -0.2) is 24.7 Å². The molecule has 2 aromatic rings. The first kappa shape index (κ1) is 30.9. The van der Waals surface area contributed by atoms with E-state index in [9.17, 15) is 62.3 Å². The molecule has 17 heteroatoms. The quantitative estimate of drug-likeness (QED) is 0.372. The first-order valence-electron chi connectivity index (χ1n) is 10.9.